The zero-order valence-corrected chi connectivity index (χ0v) is 13.0. The Hall–Kier alpha value is -3.27. The SMILES string of the molecule is N#CCc1ccc(NC(=O)C2CC(c3c(F)cccc3F)=NO2)cc1. The average molecular weight is 341 g/mol. The molecule has 25 heavy (non-hydrogen) atoms. The first-order chi connectivity index (χ1) is 12.1. The summed E-state index contributed by atoms with van der Waals surface area (Å²) in [5.74, 6) is -1.98. The number of carbonyl (C=O) groups excluding carboxylic acids is 1. The highest BCUT2D eigenvalue weighted by atomic mass is 19.1. The molecule has 0 aromatic heterocycles. The van der Waals surface area contributed by atoms with Crippen LogP contribution in [0.5, 0.6) is 0 Å². The van der Waals surface area contributed by atoms with Gasteiger partial charge in [0.05, 0.1) is 23.8 Å². The lowest BCUT2D eigenvalue weighted by atomic mass is 10.0. The molecule has 3 rings (SSSR count). The summed E-state index contributed by atoms with van der Waals surface area (Å²) in [6.07, 6.45) is -0.713. The van der Waals surface area contributed by atoms with E-state index in [0.29, 0.717) is 5.69 Å². The summed E-state index contributed by atoms with van der Waals surface area (Å²) < 4.78 is 27.6. The minimum atomic E-state index is -0.965. The Balaban J connectivity index is 1.65. The van der Waals surface area contributed by atoms with Crippen molar-refractivity contribution in [2.24, 2.45) is 5.16 Å². The Morgan fingerprint density at radius 1 is 1.24 bits per heavy atom. The molecule has 126 valence electrons. The highest BCUT2D eigenvalue weighted by Crippen LogP contribution is 2.22. The van der Waals surface area contributed by atoms with Crippen molar-refractivity contribution in [2.75, 3.05) is 5.32 Å². The van der Waals surface area contributed by atoms with Crippen LogP contribution in [0.1, 0.15) is 17.5 Å². The van der Waals surface area contributed by atoms with Crippen molar-refractivity contribution in [1.82, 2.24) is 0 Å². The summed E-state index contributed by atoms with van der Waals surface area (Å²) in [4.78, 5) is 17.2. The van der Waals surface area contributed by atoms with Crippen molar-refractivity contribution >= 4 is 17.3 Å². The van der Waals surface area contributed by atoms with Gasteiger partial charge < -0.3 is 10.2 Å². The highest BCUT2D eigenvalue weighted by molar-refractivity contribution is 6.06. The van der Waals surface area contributed by atoms with Crippen molar-refractivity contribution in [3.05, 3.63) is 65.2 Å². The number of benzene rings is 2. The van der Waals surface area contributed by atoms with E-state index in [0.717, 1.165) is 17.7 Å². The smallest absolute Gasteiger partial charge is 0.268 e. The Morgan fingerprint density at radius 3 is 2.56 bits per heavy atom. The molecule has 1 aliphatic heterocycles. The minimum absolute atomic E-state index is 0.0315. The van der Waals surface area contributed by atoms with Crippen LogP contribution in [0.3, 0.4) is 0 Å². The van der Waals surface area contributed by atoms with E-state index in [1.54, 1.807) is 24.3 Å². The van der Waals surface area contributed by atoms with Gasteiger partial charge in [0.2, 0.25) is 6.10 Å². The molecule has 0 spiro atoms. The molecule has 0 radical (unpaired) electrons. The van der Waals surface area contributed by atoms with Gasteiger partial charge in [-0.25, -0.2) is 8.78 Å². The maximum Gasteiger partial charge on any atom is 0.268 e. The molecule has 0 bridgehead atoms. The molecule has 2 aromatic carbocycles. The summed E-state index contributed by atoms with van der Waals surface area (Å²) in [5.41, 5.74) is 1.14. The molecule has 1 amide bonds. The van der Waals surface area contributed by atoms with Crippen molar-refractivity contribution < 1.29 is 18.4 Å². The zero-order chi connectivity index (χ0) is 17.8. The summed E-state index contributed by atoms with van der Waals surface area (Å²) in [7, 11) is 0. The van der Waals surface area contributed by atoms with Gasteiger partial charge in [0.25, 0.3) is 5.91 Å². The third kappa shape index (κ3) is 3.63. The lowest BCUT2D eigenvalue weighted by Crippen LogP contribution is -2.28. The Labute approximate surface area is 142 Å². The van der Waals surface area contributed by atoms with E-state index < -0.39 is 23.6 Å². The monoisotopic (exact) mass is 341 g/mol. The van der Waals surface area contributed by atoms with E-state index in [4.69, 9.17) is 10.1 Å². The van der Waals surface area contributed by atoms with Gasteiger partial charge in [-0.15, -0.1) is 0 Å². The molecule has 1 N–H and O–H groups in total. The number of halogens is 2. The second kappa shape index (κ2) is 7.09. The van der Waals surface area contributed by atoms with Crippen LogP contribution in [0.2, 0.25) is 0 Å². The zero-order valence-electron chi connectivity index (χ0n) is 13.0. The number of amides is 1. The van der Waals surface area contributed by atoms with Crippen molar-refractivity contribution in [3.8, 4) is 6.07 Å². The molecule has 0 saturated heterocycles. The Morgan fingerprint density at radius 2 is 1.92 bits per heavy atom. The summed E-state index contributed by atoms with van der Waals surface area (Å²) in [6, 6.07) is 12.3. The number of nitriles is 1. The van der Waals surface area contributed by atoms with E-state index in [1.165, 1.54) is 6.07 Å². The average Bonchev–Trinajstić information content (AvgIpc) is 3.06. The molecular weight excluding hydrogens is 328 g/mol. The fraction of sp³-hybridized carbons (Fsp3) is 0.167. The first-order valence-corrected chi connectivity index (χ1v) is 7.52. The van der Waals surface area contributed by atoms with Crippen molar-refractivity contribution in [1.29, 1.82) is 5.26 Å². The fourth-order valence-corrected chi connectivity index (χ4v) is 2.46. The van der Waals surface area contributed by atoms with Crippen LogP contribution in [0, 0.1) is 23.0 Å². The van der Waals surface area contributed by atoms with Gasteiger partial charge in [0.15, 0.2) is 0 Å². The number of nitrogens with zero attached hydrogens (tertiary/aromatic N) is 2. The fourth-order valence-electron chi connectivity index (χ4n) is 2.46. The van der Waals surface area contributed by atoms with Crippen LogP contribution in [-0.2, 0) is 16.1 Å². The van der Waals surface area contributed by atoms with Crippen molar-refractivity contribution in [3.63, 3.8) is 0 Å². The third-order valence-corrected chi connectivity index (χ3v) is 3.72. The van der Waals surface area contributed by atoms with Gasteiger partial charge in [0, 0.05) is 12.1 Å². The molecular formula is C18H13F2N3O2. The lowest BCUT2D eigenvalue weighted by molar-refractivity contribution is -0.125. The molecule has 0 aliphatic carbocycles. The van der Waals surface area contributed by atoms with E-state index in [-0.39, 0.29) is 24.1 Å². The highest BCUT2D eigenvalue weighted by Gasteiger charge is 2.31. The van der Waals surface area contributed by atoms with Gasteiger partial charge in [0.1, 0.15) is 11.6 Å². The largest absolute Gasteiger partial charge is 0.382 e. The number of carbonyl (C=O) groups is 1. The molecule has 0 saturated carbocycles. The van der Waals surface area contributed by atoms with E-state index >= 15 is 0 Å². The molecule has 5 nitrogen and oxygen atoms in total. The summed E-state index contributed by atoms with van der Waals surface area (Å²) >= 11 is 0. The first-order valence-electron chi connectivity index (χ1n) is 7.52. The molecule has 2 aromatic rings. The second-order valence-corrected chi connectivity index (χ2v) is 5.45. The first kappa shape index (κ1) is 16.6. The van der Waals surface area contributed by atoms with E-state index in [2.05, 4.69) is 10.5 Å². The molecule has 1 unspecified atom stereocenters. The molecule has 1 atom stereocenters. The van der Waals surface area contributed by atoms with Gasteiger partial charge >= 0.3 is 0 Å². The molecule has 1 aliphatic rings. The third-order valence-electron chi connectivity index (χ3n) is 3.72. The normalized spacial score (nSPS) is 15.9. The molecule has 1 heterocycles. The predicted octanol–water partition coefficient (Wildman–Crippen LogP) is 3.16. The number of hydrogen-bond acceptors (Lipinski definition) is 4. The number of hydrogen-bond donors (Lipinski definition) is 1. The summed E-state index contributed by atoms with van der Waals surface area (Å²) in [6.45, 7) is 0. The molecule has 7 heteroatoms. The van der Waals surface area contributed by atoms with Crippen LogP contribution in [0.25, 0.3) is 0 Å². The maximum absolute atomic E-state index is 13.8. The van der Waals surface area contributed by atoms with Gasteiger partial charge in [-0.05, 0) is 29.8 Å². The van der Waals surface area contributed by atoms with Crippen LogP contribution in [-0.4, -0.2) is 17.7 Å². The summed E-state index contributed by atoms with van der Waals surface area (Å²) in [5, 5.41) is 14.9. The Bertz CT molecular complexity index is 853. The molecule has 0 fully saturated rings. The topological polar surface area (TPSA) is 74.5 Å². The van der Waals surface area contributed by atoms with Crippen LogP contribution in [0.4, 0.5) is 14.5 Å². The maximum atomic E-state index is 13.8. The second-order valence-electron chi connectivity index (χ2n) is 5.45. The van der Waals surface area contributed by atoms with E-state index in [1.807, 2.05) is 6.07 Å². The number of anilines is 1. The quantitative estimate of drug-likeness (QED) is 0.928. The van der Waals surface area contributed by atoms with Crippen LogP contribution < -0.4 is 5.32 Å². The van der Waals surface area contributed by atoms with Gasteiger partial charge in [-0.3, -0.25) is 4.79 Å². The van der Waals surface area contributed by atoms with Gasteiger partial charge in [-0.1, -0.05) is 23.4 Å². The van der Waals surface area contributed by atoms with Crippen LogP contribution in [0.15, 0.2) is 47.6 Å². The lowest BCUT2D eigenvalue weighted by Gasteiger charge is -2.10. The Kier molecular flexibility index (Phi) is 4.70. The minimum Gasteiger partial charge on any atom is -0.382 e. The van der Waals surface area contributed by atoms with E-state index in [9.17, 15) is 13.6 Å². The predicted molar refractivity (Wildman–Crippen MR) is 86.8 cm³/mol. The van der Waals surface area contributed by atoms with Crippen molar-refractivity contribution in [2.45, 2.75) is 18.9 Å². The number of nitrogens with one attached hydrogen (secondary N) is 1. The standard InChI is InChI=1S/C18H13F2N3O2/c19-13-2-1-3-14(20)17(13)15-10-16(25-23-15)18(24)22-12-6-4-11(5-7-12)8-9-21/h1-7,16H,8,10H2,(H,22,24). The van der Waals surface area contributed by atoms with Crippen LogP contribution >= 0.6 is 0 Å². The number of oxime groups is 1. The number of rotatable bonds is 4. The van der Waals surface area contributed by atoms with Gasteiger partial charge in [-0.2, -0.15) is 5.26 Å².